The maximum Gasteiger partial charge on any atom is 0.265 e. The SMILES string of the molecule is CCCCCCCCCCCCCC/C=C/[N+](/C=C/CCCCCCCCCCCCCC)(/C=C/CCCCCCCCCCCCCC)CCCS(=O)(=O)O. The molecule has 0 atom stereocenters. The van der Waals surface area contributed by atoms with Crippen molar-refractivity contribution in [3.8, 4) is 0 Å². The molecule has 0 saturated carbocycles. The third kappa shape index (κ3) is 42.7. The van der Waals surface area contributed by atoms with Gasteiger partial charge in [-0.3, -0.25) is 4.55 Å². The molecule has 0 aromatic carbocycles. The molecule has 5 heteroatoms. The van der Waals surface area contributed by atoms with Crippen LogP contribution in [-0.2, 0) is 10.1 Å². The molecule has 0 aliphatic carbocycles. The molecule has 56 heavy (non-hydrogen) atoms. The Morgan fingerprint density at radius 2 is 0.554 bits per heavy atom. The second-order valence-corrected chi connectivity index (χ2v) is 19.1. The average Bonchev–Trinajstić information content (AvgIpc) is 3.17. The van der Waals surface area contributed by atoms with Crippen molar-refractivity contribution in [2.75, 3.05) is 12.3 Å². The average molecular weight is 807 g/mol. The first-order valence-corrected chi connectivity index (χ1v) is 26.9. The Morgan fingerprint density at radius 3 is 0.768 bits per heavy atom. The molecule has 0 amide bonds. The van der Waals surface area contributed by atoms with Crippen molar-refractivity contribution in [2.45, 2.75) is 278 Å². The number of unbranched alkanes of at least 4 members (excludes halogenated alkanes) is 36. The third-order valence-corrected chi connectivity index (χ3v) is 12.6. The molecule has 4 nitrogen and oxygen atoms in total. The number of hydrogen-bond acceptors (Lipinski definition) is 2. The first-order chi connectivity index (χ1) is 27.4. The Labute approximate surface area is 353 Å². The smallest absolute Gasteiger partial charge is 0.265 e. The highest BCUT2D eigenvalue weighted by Crippen LogP contribution is 2.20. The minimum atomic E-state index is -3.98. The normalized spacial score (nSPS) is 12.7. The summed E-state index contributed by atoms with van der Waals surface area (Å²) in [6.45, 7) is 7.52. The van der Waals surface area contributed by atoms with Crippen molar-refractivity contribution in [1.29, 1.82) is 0 Å². The lowest BCUT2D eigenvalue weighted by atomic mass is 10.0. The van der Waals surface area contributed by atoms with E-state index in [1.807, 2.05) is 0 Å². The monoisotopic (exact) mass is 807 g/mol. The zero-order chi connectivity index (χ0) is 40.9. The van der Waals surface area contributed by atoms with Gasteiger partial charge in [-0.25, -0.2) is 4.48 Å². The van der Waals surface area contributed by atoms with Crippen LogP contribution < -0.4 is 0 Å². The second kappa shape index (κ2) is 43.7. The number of rotatable bonds is 46. The fourth-order valence-corrected chi connectivity index (χ4v) is 8.51. The molecule has 0 unspecified atom stereocenters. The summed E-state index contributed by atoms with van der Waals surface area (Å²) < 4.78 is 33.5. The van der Waals surface area contributed by atoms with E-state index in [4.69, 9.17) is 0 Å². The highest BCUT2D eigenvalue weighted by molar-refractivity contribution is 7.85. The molecule has 0 aliphatic heterocycles. The second-order valence-electron chi connectivity index (χ2n) is 17.5. The fourth-order valence-electron chi connectivity index (χ4n) is 8.02. The molecule has 0 fully saturated rings. The van der Waals surface area contributed by atoms with Crippen LogP contribution in [0.2, 0.25) is 0 Å². The van der Waals surface area contributed by atoms with Gasteiger partial charge in [0.2, 0.25) is 0 Å². The van der Waals surface area contributed by atoms with Crippen molar-refractivity contribution in [3.63, 3.8) is 0 Å². The summed E-state index contributed by atoms with van der Waals surface area (Å²) in [4.78, 5) is 0. The van der Waals surface area contributed by atoms with Crippen LogP contribution in [0.5, 0.6) is 0 Å². The van der Waals surface area contributed by atoms with E-state index in [9.17, 15) is 13.0 Å². The lowest BCUT2D eigenvalue weighted by molar-refractivity contribution is -0.773. The molecule has 0 aliphatic rings. The van der Waals surface area contributed by atoms with Crippen molar-refractivity contribution < 1.29 is 17.5 Å². The summed E-state index contributed by atoms with van der Waals surface area (Å²) in [7, 11) is -3.98. The molecular weight excluding hydrogens is 707 g/mol. The molecule has 0 saturated heterocycles. The molecule has 0 radical (unpaired) electrons. The topological polar surface area (TPSA) is 54.4 Å². The molecule has 0 spiro atoms. The fraction of sp³-hybridized carbons (Fsp3) is 0.882. The molecule has 332 valence electrons. The first kappa shape index (κ1) is 55.1. The standard InChI is InChI=1S/C51H99NO3S/c1-4-7-10-13-16-19-22-25-28-31-34-37-40-43-47-52(50-46-51-56(53,54)55,48-44-41-38-35-32-29-26-23-20-17-14-11-8-5-2)49-45-42-39-36-33-30-27-24-21-18-15-12-9-6-3/h43-45,47-49H,4-42,46,50-51H2,1-3H3/p+1/b47-43+,48-44+,49-45+. The van der Waals surface area contributed by atoms with Gasteiger partial charge in [-0.05, 0) is 56.8 Å². The zero-order valence-corrected chi connectivity index (χ0v) is 39.1. The Morgan fingerprint density at radius 1 is 0.339 bits per heavy atom. The maximum absolute atomic E-state index is 11.7. The number of quaternary nitrogens is 1. The van der Waals surface area contributed by atoms with Crippen molar-refractivity contribution in [2.24, 2.45) is 0 Å². The summed E-state index contributed by atoms with van der Waals surface area (Å²) in [5.41, 5.74) is 0. The first-order valence-electron chi connectivity index (χ1n) is 25.2. The van der Waals surface area contributed by atoms with Gasteiger partial charge in [0, 0.05) is 6.42 Å². The van der Waals surface area contributed by atoms with E-state index >= 15 is 0 Å². The summed E-state index contributed by atoms with van der Waals surface area (Å²) in [5, 5.41) is 0. The van der Waals surface area contributed by atoms with Gasteiger partial charge in [0.1, 0.15) is 18.6 Å². The summed E-state index contributed by atoms with van der Waals surface area (Å²) in [6.07, 6.45) is 66.6. The Bertz CT molecular complexity index is 879. The Hall–Kier alpha value is -0.910. The lowest BCUT2D eigenvalue weighted by Crippen LogP contribution is -2.33. The van der Waals surface area contributed by atoms with Crippen LogP contribution >= 0.6 is 0 Å². The van der Waals surface area contributed by atoms with Crippen molar-refractivity contribution in [3.05, 3.63) is 36.8 Å². The molecule has 0 aromatic heterocycles. The highest BCUT2D eigenvalue weighted by Gasteiger charge is 2.20. The van der Waals surface area contributed by atoms with Gasteiger partial charge in [0.25, 0.3) is 10.1 Å². The molecule has 0 heterocycles. The van der Waals surface area contributed by atoms with Crippen LogP contribution in [0.4, 0.5) is 0 Å². The van der Waals surface area contributed by atoms with E-state index < -0.39 is 10.1 Å². The highest BCUT2D eigenvalue weighted by atomic mass is 32.2. The Balaban J connectivity index is 4.98. The third-order valence-electron chi connectivity index (χ3n) is 11.8. The summed E-state index contributed by atoms with van der Waals surface area (Å²) >= 11 is 0. The minimum absolute atomic E-state index is 0.182. The van der Waals surface area contributed by atoms with Crippen molar-refractivity contribution in [1.82, 2.24) is 0 Å². The predicted octanol–water partition coefficient (Wildman–Crippen LogP) is 17.9. The number of hydrogen-bond donors (Lipinski definition) is 1. The number of allylic oxidation sites excluding steroid dienone is 3. The van der Waals surface area contributed by atoms with Crippen LogP contribution in [0.1, 0.15) is 278 Å². The van der Waals surface area contributed by atoms with Crippen LogP contribution in [-0.4, -0.2) is 29.8 Å². The van der Waals surface area contributed by atoms with Gasteiger partial charge >= 0.3 is 0 Å². The van der Waals surface area contributed by atoms with E-state index in [0.29, 0.717) is 17.4 Å². The van der Waals surface area contributed by atoms with E-state index in [2.05, 4.69) is 57.6 Å². The quantitative estimate of drug-likeness (QED) is 0.0379. The maximum atomic E-state index is 11.7. The van der Waals surface area contributed by atoms with Gasteiger partial charge in [-0.2, -0.15) is 8.42 Å². The zero-order valence-electron chi connectivity index (χ0n) is 38.3. The molecule has 1 N–H and O–H groups in total. The van der Waals surface area contributed by atoms with Gasteiger partial charge < -0.3 is 0 Å². The van der Waals surface area contributed by atoms with E-state index in [1.54, 1.807) is 0 Å². The molecule has 0 aromatic rings. The summed E-state index contributed by atoms with van der Waals surface area (Å²) in [6, 6.07) is 0. The van der Waals surface area contributed by atoms with E-state index in [-0.39, 0.29) is 5.75 Å². The van der Waals surface area contributed by atoms with E-state index in [1.165, 1.54) is 231 Å². The lowest BCUT2D eigenvalue weighted by Gasteiger charge is -2.27. The largest absolute Gasteiger partial charge is 0.286 e. The van der Waals surface area contributed by atoms with Crippen LogP contribution in [0.25, 0.3) is 0 Å². The van der Waals surface area contributed by atoms with Gasteiger partial charge in [0.15, 0.2) is 0 Å². The predicted molar refractivity (Wildman–Crippen MR) is 251 cm³/mol. The molecule has 0 rings (SSSR count). The van der Waals surface area contributed by atoms with Crippen molar-refractivity contribution >= 4 is 10.1 Å². The Kier molecular flexibility index (Phi) is 43.0. The van der Waals surface area contributed by atoms with Gasteiger partial charge in [-0.15, -0.1) is 0 Å². The van der Waals surface area contributed by atoms with Crippen LogP contribution in [0, 0.1) is 0 Å². The molecule has 0 bridgehead atoms. The van der Waals surface area contributed by atoms with E-state index in [0.717, 1.165) is 19.3 Å². The molecular formula is C51H100NO3S+. The van der Waals surface area contributed by atoms with Crippen LogP contribution in [0.3, 0.4) is 0 Å². The van der Waals surface area contributed by atoms with Gasteiger partial charge in [0.05, 0.1) is 12.3 Å². The summed E-state index contributed by atoms with van der Waals surface area (Å²) in [5.74, 6) is -0.182. The minimum Gasteiger partial charge on any atom is -0.286 e. The van der Waals surface area contributed by atoms with Gasteiger partial charge in [-0.1, -0.05) is 233 Å². The van der Waals surface area contributed by atoms with Crippen LogP contribution in [0.15, 0.2) is 36.8 Å². The number of nitrogens with zero attached hydrogens (tertiary/aromatic N) is 1.